The van der Waals surface area contributed by atoms with Gasteiger partial charge in [-0.15, -0.1) is 11.3 Å². The number of amides is 2. The van der Waals surface area contributed by atoms with E-state index in [0.717, 1.165) is 22.1 Å². The Morgan fingerprint density at radius 3 is 2.89 bits per heavy atom. The molecule has 0 radical (unpaired) electrons. The van der Waals surface area contributed by atoms with Gasteiger partial charge in [0.25, 0.3) is 0 Å². The van der Waals surface area contributed by atoms with E-state index in [1.54, 1.807) is 0 Å². The van der Waals surface area contributed by atoms with Crippen LogP contribution in [0, 0.1) is 5.92 Å². The summed E-state index contributed by atoms with van der Waals surface area (Å²) in [6.45, 7) is 1.07. The van der Waals surface area contributed by atoms with E-state index in [4.69, 9.17) is 11.6 Å². The number of hydrogen-bond acceptors (Lipinski definition) is 3. The molecule has 1 aromatic heterocycles. The molecule has 2 heterocycles. The summed E-state index contributed by atoms with van der Waals surface area (Å²) in [5.41, 5.74) is 0. The minimum absolute atomic E-state index is 0.0268. The smallest absolute Gasteiger partial charge is 0.225 e. The van der Waals surface area contributed by atoms with Crippen LogP contribution in [0.2, 0.25) is 4.34 Å². The number of halogens is 1. The van der Waals surface area contributed by atoms with Gasteiger partial charge in [0.1, 0.15) is 0 Å². The third-order valence-electron chi connectivity index (χ3n) is 3.58. The largest absolute Gasteiger partial charge is 0.351 e. The lowest BCUT2D eigenvalue weighted by Crippen LogP contribution is -2.33. The molecule has 0 spiro atoms. The number of carbonyl (C=O) groups is 2. The summed E-state index contributed by atoms with van der Waals surface area (Å²) in [5, 5.41) is 2.89. The topological polar surface area (TPSA) is 49.4 Å². The number of thiophene rings is 1. The minimum Gasteiger partial charge on any atom is -0.351 e. The van der Waals surface area contributed by atoms with E-state index in [0.29, 0.717) is 25.6 Å². The van der Waals surface area contributed by atoms with Gasteiger partial charge in [0, 0.05) is 23.9 Å². The molecular formula is C13H15ClN2O2S. The zero-order valence-corrected chi connectivity index (χ0v) is 12.0. The number of carbonyl (C=O) groups excluding carboxylic acids is 2. The Bertz CT molecular complexity index is 512. The first-order valence-electron chi connectivity index (χ1n) is 6.45. The van der Waals surface area contributed by atoms with Crippen LogP contribution in [0.1, 0.15) is 24.1 Å². The lowest BCUT2D eigenvalue weighted by atomic mass is 10.1. The molecule has 1 N–H and O–H groups in total. The maximum atomic E-state index is 12.0. The summed E-state index contributed by atoms with van der Waals surface area (Å²) < 4.78 is 0.722. The first-order valence-corrected chi connectivity index (χ1v) is 7.64. The van der Waals surface area contributed by atoms with Crippen LogP contribution < -0.4 is 5.32 Å². The Kier molecular flexibility index (Phi) is 3.50. The lowest BCUT2D eigenvalue weighted by molar-refractivity contribution is -0.129. The van der Waals surface area contributed by atoms with Crippen molar-refractivity contribution < 1.29 is 9.59 Å². The predicted octanol–water partition coefficient (Wildman–Crippen LogP) is 2.03. The molecular weight excluding hydrogens is 284 g/mol. The Labute approximate surface area is 120 Å². The summed E-state index contributed by atoms with van der Waals surface area (Å²) in [6, 6.07) is 4.13. The fourth-order valence-electron chi connectivity index (χ4n) is 2.41. The molecule has 4 nitrogen and oxygen atoms in total. The van der Waals surface area contributed by atoms with Gasteiger partial charge in [-0.05, 0) is 25.0 Å². The third kappa shape index (κ3) is 2.92. The summed E-state index contributed by atoms with van der Waals surface area (Å²) in [5.74, 6) is -0.0913. The number of rotatable bonds is 4. The normalized spacial score (nSPS) is 22.9. The molecule has 102 valence electrons. The van der Waals surface area contributed by atoms with Crippen LogP contribution in [-0.2, 0) is 16.1 Å². The van der Waals surface area contributed by atoms with Crippen molar-refractivity contribution >= 4 is 34.8 Å². The summed E-state index contributed by atoms with van der Waals surface area (Å²) in [4.78, 5) is 26.7. The monoisotopic (exact) mass is 298 g/mol. The Hall–Kier alpha value is -1.07. The SMILES string of the molecule is O=C(NCc1ccc(Cl)s1)[C@H]1CC(=O)N(C2CC2)C1. The van der Waals surface area contributed by atoms with Gasteiger partial charge in [0.2, 0.25) is 11.8 Å². The molecule has 1 aliphatic carbocycles. The fourth-order valence-corrected chi connectivity index (χ4v) is 3.44. The van der Waals surface area contributed by atoms with E-state index in [-0.39, 0.29) is 17.7 Å². The maximum absolute atomic E-state index is 12.0. The number of likely N-dealkylation sites (tertiary alicyclic amines) is 1. The van der Waals surface area contributed by atoms with Crippen LogP contribution in [-0.4, -0.2) is 29.3 Å². The average Bonchev–Trinajstić information content (AvgIpc) is 3.03. The summed E-state index contributed by atoms with van der Waals surface area (Å²) in [7, 11) is 0. The molecule has 1 aromatic rings. The van der Waals surface area contributed by atoms with Crippen LogP contribution in [0.25, 0.3) is 0 Å². The van der Waals surface area contributed by atoms with Crippen molar-refractivity contribution in [3.05, 3.63) is 21.3 Å². The molecule has 0 aromatic carbocycles. The zero-order chi connectivity index (χ0) is 13.4. The third-order valence-corrected chi connectivity index (χ3v) is 4.81. The average molecular weight is 299 g/mol. The number of nitrogens with one attached hydrogen (secondary N) is 1. The van der Waals surface area contributed by atoms with Crippen LogP contribution >= 0.6 is 22.9 Å². The zero-order valence-electron chi connectivity index (χ0n) is 10.4. The van der Waals surface area contributed by atoms with Crippen LogP contribution in [0.5, 0.6) is 0 Å². The van der Waals surface area contributed by atoms with E-state index in [1.165, 1.54) is 11.3 Å². The van der Waals surface area contributed by atoms with E-state index < -0.39 is 0 Å². The van der Waals surface area contributed by atoms with Gasteiger partial charge < -0.3 is 10.2 Å². The van der Waals surface area contributed by atoms with Gasteiger partial charge in [-0.3, -0.25) is 9.59 Å². The molecule has 19 heavy (non-hydrogen) atoms. The highest BCUT2D eigenvalue weighted by atomic mass is 35.5. The highest BCUT2D eigenvalue weighted by Gasteiger charge is 2.41. The van der Waals surface area contributed by atoms with E-state index in [2.05, 4.69) is 5.32 Å². The van der Waals surface area contributed by atoms with E-state index in [1.807, 2.05) is 17.0 Å². The number of hydrogen-bond donors (Lipinski definition) is 1. The maximum Gasteiger partial charge on any atom is 0.225 e. The van der Waals surface area contributed by atoms with Crippen LogP contribution in [0.3, 0.4) is 0 Å². The standard InChI is InChI=1S/C13H15ClN2O2S/c14-11-4-3-10(19-11)6-15-13(18)8-5-12(17)16(7-8)9-1-2-9/h3-4,8-9H,1-2,5-7H2,(H,15,18)/t8-/m0/s1. The molecule has 2 aliphatic rings. The first-order chi connectivity index (χ1) is 9.13. The quantitative estimate of drug-likeness (QED) is 0.924. The molecule has 3 rings (SSSR count). The second-order valence-electron chi connectivity index (χ2n) is 5.10. The highest BCUT2D eigenvalue weighted by molar-refractivity contribution is 7.16. The van der Waals surface area contributed by atoms with Gasteiger partial charge in [-0.25, -0.2) is 0 Å². The Morgan fingerprint density at radius 1 is 1.47 bits per heavy atom. The van der Waals surface area contributed by atoms with Crippen molar-refractivity contribution in [1.29, 1.82) is 0 Å². The summed E-state index contributed by atoms with van der Waals surface area (Å²) in [6.07, 6.45) is 2.54. The molecule has 0 unspecified atom stereocenters. The van der Waals surface area contributed by atoms with E-state index >= 15 is 0 Å². The molecule has 1 saturated heterocycles. The molecule has 1 saturated carbocycles. The van der Waals surface area contributed by atoms with Gasteiger partial charge in [-0.2, -0.15) is 0 Å². The highest BCUT2D eigenvalue weighted by Crippen LogP contribution is 2.32. The lowest BCUT2D eigenvalue weighted by Gasteiger charge is -2.15. The Balaban J connectivity index is 1.52. The molecule has 0 bridgehead atoms. The fraction of sp³-hybridized carbons (Fsp3) is 0.538. The molecule has 2 amide bonds. The molecule has 2 fully saturated rings. The van der Waals surface area contributed by atoms with Crippen molar-refractivity contribution in [2.45, 2.75) is 31.8 Å². The van der Waals surface area contributed by atoms with Crippen LogP contribution in [0.4, 0.5) is 0 Å². The van der Waals surface area contributed by atoms with Gasteiger partial charge >= 0.3 is 0 Å². The summed E-state index contributed by atoms with van der Waals surface area (Å²) >= 11 is 7.30. The minimum atomic E-state index is -0.191. The van der Waals surface area contributed by atoms with Crippen molar-refractivity contribution in [3.8, 4) is 0 Å². The van der Waals surface area contributed by atoms with Gasteiger partial charge in [-0.1, -0.05) is 11.6 Å². The van der Waals surface area contributed by atoms with Crippen LogP contribution in [0.15, 0.2) is 12.1 Å². The second-order valence-corrected chi connectivity index (χ2v) is 6.90. The Morgan fingerprint density at radius 2 is 2.26 bits per heavy atom. The molecule has 1 atom stereocenters. The number of nitrogens with zero attached hydrogens (tertiary/aromatic N) is 1. The molecule has 1 aliphatic heterocycles. The van der Waals surface area contributed by atoms with E-state index in [9.17, 15) is 9.59 Å². The molecule has 6 heteroatoms. The van der Waals surface area contributed by atoms with Gasteiger partial charge in [0.05, 0.1) is 16.8 Å². The van der Waals surface area contributed by atoms with Crippen molar-refractivity contribution in [1.82, 2.24) is 10.2 Å². The van der Waals surface area contributed by atoms with Crippen molar-refractivity contribution in [2.24, 2.45) is 5.92 Å². The van der Waals surface area contributed by atoms with Gasteiger partial charge in [0.15, 0.2) is 0 Å². The second kappa shape index (κ2) is 5.13. The van der Waals surface area contributed by atoms with Crippen molar-refractivity contribution in [3.63, 3.8) is 0 Å². The predicted molar refractivity (Wildman–Crippen MR) is 74.0 cm³/mol. The first kappa shape index (κ1) is 12.9. The van der Waals surface area contributed by atoms with Crippen molar-refractivity contribution in [2.75, 3.05) is 6.54 Å².